The minimum absolute atomic E-state index is 0.624. The second kappa shape index (κ2) is 6.77. The van der Waals surface area contributed by atoms with Crippen LogP contribution in [0.5, 0.6) is 5.75 Å². The monoisotopic (exact) mass is 281 g/mol. The Morgan fingerprint density at radius 1 is 1.14 bits per heavy atom. The molecule has 1 aliphatic rings. The van der Waals surface area contributed by atoms with Gasteiger partial charge in [-0.15, -0.1) is 0 Å². The molecule has 1 saturated heterocycles. The van der Waals surface area contributed by atoms with E-state index in [0.29, 0.717) is 12.5 Å². The van der Waals surface area contributed by atoms with Crippen LogP contribution in [0.3, 0.4) is 0 Å². The van der Waals surface area contributed by atoms with Gasteiger partial charge in [-0.05, 0) is 55.0 Å². The molecule has 0 radical (unpaired) electrons. The smallest absolute Gasteiger partial charge is 0.123 e. The summed E-state index contributed by atoms with van der Waals surface area (Å²) in [6.45, 7) is 4.98. The number of hydrogen-bond acceptors (Lipinski definition) is 2. The van der Waals surface area contributed by atoms with E-state index in [1.807, 2.05) is 6.07 Å². The van der Waals surface area contributed by atoms with Crippen LogP contribution in [0.25, 0.3) is 0 Å². The van der Waals surface area contributed by atoms with Crippen LogP contribution in [0.4, 0.5) is 0 Å². The standard InChI is InChI=1S/C19H23NO/c1-15-9-10-17(18-8-5-11-20-13-18)12-19(15)21-14-16-6-3-2-4-7-16/h2-4,6-7,9-10,12,18,20H,5,8,11,13-14H2,1H3. The van der Waals surface area contributed by atoms with Gasteiger partial charge in [0.05, 0.1) is 0 Å². The van der Waals surface area contributed by atoms with Crippen LogP contribution in [-0.4, -0.2) is 13.1 Å². The summed E-state index contributed by atoms with van der Waals surface area (Å²) in [7, 11) is 0. The van der Waals surface area contributed by atoms with Crippen molar-refractivity contribution in [3.05, 3.63) is 65.2 Å². The molecule has 21 heavy (non-hydrogen) atoms. The molecule has 2 heteroatoms. The lowest BCUT2D eigenvalue weighted by atomic mass is 9.91. The van der Waals surface area contributed by atoms with Crippen molar-refractivity contribution < 1.29 is 4.74 Å². The van der Waals surface area contributed by atoms with Crippen molar-refractivity contribution in [3.63, 3.8) is 0 Å². The third-order valence-electron chi connectivity index (χ3n) is 4.22. The third kappa shape index (κ3) is 3.64. The van der Waals surface area contributed by atoms with E-state index >= 15 is 0 Å². The minimum Gasteiger partial charge on any atom is -0.489 e. The zero-order valence-electron chi connectivity index (χ0n) is 12.6. The molecule has 2 aromatic rings. The summed E-state index contributed by atoms with van der Waals surface area (Å²) in [5, 5.41) is 3.48. The molecule has 0 spiro atoms. The molecular formula is C19H23NO. The molecule has 1 heterocycles. The van der Waals surface area contributed by atoms with Gasteiger partial charge in [0.25, 0.3) is 0 Å². The van der Waals surface area contributed by atoms with E-state index in [1.54, 1.807) is 0 Å². The van der Waals surface area contributed by atoms with Gasteiger partial charge in [0, 0.05) is 6.54 Å². The van der Waals surface area contributed by atoms with Gasteiger partial charge >= 0.3 is 0 Å². The fraction of sp³-hybridized carbons (Fsp3) is 0.368. The van der Waals surface area contributed by atoms with Gasteiger partial charge in [-0.2, -0.15) is 0 Å². The van der Waals surface area contributed by atoms with E-state index < -0.39 is 0 Å². The zero-order valence-corrected chi connectivity index (χ0v) is 12.6. The van der Waals surface area contributed by atoms with E-state index in [2.05, 4.69) is 54.7 Å². The van der Waals surface area contributed by atoms with Crippen molar-refractivity contribution in [3.8, 4) is 5.75 Å². The predicted octanol–water partition coefficient (Wildman–Crippen LogP) is 4.04. The Morgan fingerprint density at radius 2 is 2.00 bits per heavy atom. The highest BCUT2D eigenvalue weighted by molar-refractivity contribution is 5.38. The van der Waals surface area contributed by atoms with Crippen molar-refractivity contribution in [2.24, 2.45) is 0 Å². The largest absolute Gasteiger partial charge is 0.489 e. The van der Waals surface area contributed by atoms with Crippen molar-refractivity contribution in [1.82, 2.24) is 5.32 Å². The average molecular weight is 281 g/mol. The van der Waals surface area contributed by atoms with Crippen molar-refractivity contribution in [2.45, 2.75) is 32.3 Å². The summed E-state index contributed by atoms with van der Waals surface area (Å²) >= 11 is 0. The lowest BCUT2D eigenvalue weighted by molar-refractivity contribution is 0.303. The second-order valence-corrected chi connectivity index (χ2v) is 5.84. The lowest BCUT2D eigenvalue weighted by Crippen LogP contribution is -2.28. The van der Waals surface area contributed by atoms with Gasteiger partial charge in [-0.1, -0.05) is 42.5 Å². The first-order valence-electron chi connectivity index (χ1n) is 7.81. The summed E-state index contributed by atoms with van der Waals surface area (Å²) < 4.78 is 6.03. The number of nitrogens with one attached hydrogen (secondary N) is 1. The van der Waals surface area contributed by atoms with Gasteiger partial charge in [0.2, 0.25) is 0 Å². The van der Waals surface area contributed by atoms with Crippen LogP contribution in [0.2, 0.25) is 0 Å². The predicted molar refractivity (Wildman–Crippen MR) is 86.8 cm³/mol. The molecule has 0 saturated carbocycles. The van der Waals surface area contributed by atoms with E-state index in [9.17, 15) is 0 Å². The van der Waals surface area contributed by atoms with Crippen LogP contribution < -0.4 is 10.1 Å². The third-order valence-corrected chi connectivity index (χ3v) is 4.22. The average Bonchev–Trinajstić information content (AvgIpc) is 2.56. The maximum Gasteiger partial charge on any atom is 0.123 e. The molecule has 0 aliphatic carbocycles. The molecule has 110 valence electrons. The molecule has 2 aromatic carbocycles. The highest BCUT2D eigenvalue weighted by Gasteiger charge is 2.16. The van der Waals surface area contributed by atoms with Gasteiger partial charge in [-0.3, -0.25) is 0 Å². The van der Waals surface area contributed by atoms with Gasteiger partial charge in [-0.25, -0.2) is 0 Å². The topological polar surface area (TPSA) is 21.3 Å². The van der Waals surface area contributed by atoms with Gasteiger partial charge < -0.3 is 10.1 Å². The van der Waals surface area contributed by atoms with Gasteiger partial charge in [0.1, 0.15) is 12.4 Å². The number of hydrogen-bond donors (Lipinski definition) is 1. The molecule has 1 fully saturated rings. The Labute approximate surface area is 127 Å². The zero-order chi connectivity index (χ0) is 14.5. The second-order valence-electron chi connectivity index (χ2n) is 5.84. The number of aryl methyl sites for hydroxylation is 1. The van der Waals surface area contributed by atoms with E-state index in [4.69, 9.17) is 4.74 Å². The Hall–Kier alpha value is -1.80. The first kappa shape index (κ1) is 14.2. The molecule has 0 bridgehead atoms. The highest BCUT2D eigenvalue weighted by Crippen LogP contribution is 2.28. The van der Waals surface area contributed by atoms with Crippen molar-refractivity contribution in [1.29, 1.82) is 0 Å². The van der Waals surface area contributed by atoms with Crippen LogP contribution >= 0.6 is 0 Å². The van der Waals surface area contributed by atoms with E-state index in [-0.39, 0.29) is 0 Å². The van der Waals surface area contributed by atoms with E-state index in [0.717, 1.165) is 18.8 Å². The maximum absolute atomic E-state index is 6.03. The molecule has 3 rings (SSSR count). The summed E-state index contributed by atoms with van der Waals surface area (Å²) in [6.07, 6.45) is 2.53. The Kier molecular flexibility index (Phi) is 4.56. The summed E-state index contributed by atoms with van der Waals surface area (Å²) in [6, 6.07) is 17.0. The minimum atomic E-state index is 0.624. The highest BCUT2D eigenvalue weighted by atomic mass is 16.5. The van der Waals surface area contributed by atoms with Gasteiger partial charge in [0.15, 0.2) is 0 Å². The SMILES string of the molecule is Cc1ccc(C2CCCNC2)cc1OCc1ccccc1. The first-order chi connectivity index (χ1) is 10.3. The summed E-state index contributed by atoms with van der Waals surface area (Å²) in [5.74, 6) is 1.64. The Bertz CT molecular complexity index is 573. The fourth-order valence-electron chi connectivity index (χ4n) is 2.90. The van der Waals surface area contributed by atoms with Crippen LogP contribution in [0, 0.1) is 6.92 Å². The molecular weight excluding hydrogens is 258 g/mol. The molecule has 1 N–H and O–H groups in total. The van der Waals surface area contributed by atoms with E-state index in [1.165, 1.54) is 29.5 Å². The summed E-state index contributed by atoms with van der Waals surface area (Å²) in [4.78, 5) is 0. The first-order valence-corrected chi connectivity index (χ1v) is 7.81. The lowest BCUT2D eigenvalue weighted by Gasteiger charge is -2.24. The molecule has 1 atom stereocenters. The van der Waals surface area contributed by atoms with Crippen LogP contribution in [0.1, 0.15) is 35.4 Å². The quantitative estimate of drug-likeness (QED) is 0.913. The molecule has 1 aliphatic heterocycles. The number of ether oxygens (including phenoxy) is 1. The number of rotatable bonds is 4. The molecule has 1 unspecified atom stereocenters. The van der Waals surface area contributed by atoms with Crippen molar-refractivity contribution >= 4 is 0 Å². The summed E-state index contributed by atoms with van der Waals surface area (Å²) in [5.41, 5.74) is 3.82. The molecule has 0 aromatic heterocycles. The molecule has 0 amide bonds. The van der Waals surface area contributed by atoms with Crippen LogP contribution in [0.15, 0.2) is 48.5 Å². The Morgan fingerprint density at radius 3 is 2.76 bits per heavy atom. The number of piperidine rings is 1. The fourth-order valence-corrected chi connectivity index (χ4v) is 2.90. The van der Waals surface area contributed by atoms with Crippen LogP contribution in [-0.2, 0) is 6.61 Å². The maximum atomic E-state index is 6.03. The normalized spacial score (nSPS) is 18.4. The Balaban J connectivity index is 1.72. The molecule has 2 nitrogen and oxygen atoms in total. The number of benzene rings is 2. The van der Waals surface area contributed by atoms with Crippen molar-refractivity contribution in [2.75, 3.05) is 13.1 Å².